The summed E-state index contributed by atoms with van der Waals surface area (Å²) < 4.78 is 0. The van der Waals surface area contributed by atoms with E-state index < -0.39 is 0 Å². The maximum Gasteiger partial charge on any atom is 0.139 e. The van der Waals surface area contributed by atoms with Gasteiger partial charge in [-0.2, -0.15) is 5.26 Å². The van der Waals surface area contributed by atoms with Gasteiger partial charge in [-0.25, -0.2) is 4.98 Å². The Morgan fingerprint density at radius 3 is 3.21 bits per heavy atom. The van der Waals surface area contributed by atoms with Gasteiger partial charge in [-0.3, -0.25) is 0 Å². The molecule has 4 heteroatoms. The van der Waals surface area contributed by atoms with Crippen molar-refractivity contribution in [2.75, 3.05) is 0 Å². The predicted molar refractivity (Wildman–Crippen MR) is 55.8 cm³/mol. The van der Waals surface area contributed by atoms with E-state index >= 15 is 0 Å². The quantitative estimate of drug-likeness (QED) is 0.833. The minimum Gasteiger partial charge on any atom is -0.359 e. The lowest BCUT2D eigenvalue weighted by molar-refractivity contribution is 0.968. The number of nitriles is 1. The highest BCUT2D eigenvalue weighted by molar-refractivity contribution is 7.13. The van der Waals surface area contributed by atoms with Crippen LogP contribution in [0.25, 0.3) is 10.7 Å². The molecule has 2 aromatic heterocycles. The Bertz CT molecular complexity index is 436. The third-order valence-electron chi connectivity index (χ3n) is 1.87. The van der Waals surface area contributed by atoms with Gasteiger partial charge in [0.2, 0.25) is 0 Å². The van der Waals surface area contributed by atoms with Crippen LogP contribution in [0.1, 0.15) is 12.1 Å². The van der Waals surface area contributed by atoms with Crippen LogP contribution in [-0.2, 0) is 6.42 Å². The third kappa shape index (κ3) is 1.83. The van der Waals surface area contributed by atoms with Gasteiger partial charge in [-0.1, -0.05) is 0 Å². The topological polar surface area (TPSA) is 52.5 Å². The van der Waals surface area contributed by atoms with Crippen molar-refractivity contribution in [2.24, 2.45) is 0 Å². The summed E-state index contributed by atoms with van der Waals surface area (Å²) in [7, 11) is 0. The monoisotopic (exact) mass is 203 g/mol. The van der Waals surface area contributed by atoms with E-state index in [0.29, 0.717) is 6.42 Å². The Morgan fingerprint density at radius 1 is 1.57 bits per heavy atom. The van der Waals surface area contributed by atoms with Crippen molar-refractivity contribution in [1.29, 1.82) is 5.26 Å². The molecule has 14 heavy (non-hydrogen) atoms. The number of aromatic amines is 1. The molecule has 0 aliphatic heterocycles. The smallest absolute Gasteiger partial charge is 0.139 e. The van der Waals surface area contributed by atoms with Crippen molar-refractivity contribution < 1.29 is 0 Å². The second-order valence-corrected chi connectivity index (χ2v) is 3.74. The number of aryl methyl sites for hydroxylation is 1. The van der Waals surface area contributed by atoms with Crippen molar-refractivity contribution in [2.45, 2.75) is 12.8 Å². The average molecular weight is 203 g/mol. The maximum absolute atomic E-state index is 8.44. The molecule has 0 saturated carbocycles. The van der Waals surface area contributed by atoms with Gasteiger partial charge >= 0.3 is 0 Å². The first-order valence-electron chi connectivity index (χ1n) is 4.35. The normalized spacial score (nSPS) is 9.93. The Kier molecular flexibility index (Phi) is 2.61. The molecule has 0 atom stereocenters. The highest BCUT2D eigenvalue weighted by Gasteiger charge is 2.04. The Morgan fingerprint density at radius 2 is 2.50 bits per heavy atom. The van der Waals surface area contributed by atoms with E-state index in [4.69, 9.17) is 5.26 Å². The molecule has 2 rings (SSSR count). The summed E-state index contributed by atoms with van der Waals surface area (Å²) in [6, 6.07) is 6.06. The van der Waals surface area contributed by atoms with Crippen molar-refractivity contribution in [1.82, 2.24) is 9.97 Å². The highest BCUT2D eigenvalue weighted by atomic mass is 32.1. The molecule has 2 aromatic rings. The van der Waals surface area contributed by atoms with E-state index in [0.717, 1.165) is 22.8 Å². The summed E-state index contributed by atoms with van der Waals surface area (Å²) in [6.45, 7) is 0. The molecule has 70 valence electrons. The van der Waals surface area contributed by atoms with Gasteiger partial charge in [-0.15, -0.1) is 11.3 Å². The van der Waals surface area contributed by atoms with Gasteiger partial charge < -0.3 is 4.98 Å². The lowest BCUT2D eigenvalue weighted by Crippen LogP contribution is -1.83. The van der Waals surface area contributed by atoms with Gasteiger partial charge in [0.15, 0.2) is 0 Å². The number of H-pyrrole nitrogens is 1. The largest absolute Gasteiger partial charge is 0.359 e. The van der Waals surface area contributed by atoms with Crippen molar-refractivity contribution in [3.8, 4) is 16.8 Å². The molecule has 0 bridgehead atoms. The van der Waals surface area contributed by atoms with E-state index in [1.807, 2.05) is 23.7 Å². The molecule has 3 nitrogen and oxygen atoms in total. The average Bonchev–Trinajstić information content (AvgIpc) is 2.85. The minimum absolute atomic E-state index is 0.536. The van der Waals surface area contributed by atoms with Gasteiger partial charge in [0.1, 0.15) is 5.01 Å². The fourth-order valence-corrected chi connectivity index (χ4v) is 2.03. The van der Waals surface area contributed by atoms with Crippen LogP contribution in [0.3, 0.4) is 0 Å². The van der Waals surface area contributed by atoms with Crippen molar-refractivity contribution in [3.63, 3.8) is 0 Å². The van der Waals surface area contributed by atoms with Gasteiger partial charge in [0.25, 0.3) is 0 Å². The van der Waals surface area contributed by atoms with E-state index in [9.17, 15) is 0 Å². The molecule has 0 aliphatic carbocycles. The summed E-state index contributed by atoms with van der Waals surface area (Å²) in [5.41, 5.74) is 2.04. The summed E-state index contributed by atoms with van der Waals surface area (Å²) in [5, 5.41) is 11.4. The standard InChI is InChI=1S/C10H9N3S/c11-5-1-3-8-7-14-10(13-8)9-4-2-6-12-9/h2,4,6-7,12H,1,3H2. The molecule has 2 heterocycles. The van der Waals surface area contributed by atoms with E-state index in [2.05, 4.69) is 16.0 Å². The van der Waals surface area contributed by atoms with Crippen LogP contribution in [0.4, 0.5) is 0 Å². The Balaban J connectivity index is 2.15. The SMILES string of the molecule is N#CCCc1csc(-c2ccc[nH]2)n1. The number of nitrogens with zero attached hydrogens (tertiary/aromatic N) is 2. The zero-order valence-corrected chi connectivity index (χ0v) is 8.34. The Hall–Kier alpha value is -1.60. The number of hydrogen-bond donors (Lipinski definition) is 1. The molecule has 0 radical (unpaired) electrons. The van der Waals surface area contributed by atoms with Crippen LogP contribution >= 0.6 is 11.3 Å². The number of thiazole rings is 1. The fraction of sp³-hybridized carbons (Fsp3) is 0.200. The van der Waals surface area contributed by atoms with Crippen molar-refractivity contribution >= 4 is 11.3 Å². The molecule has 0 fully saturated rings. The highest BCUT2D eigenvalue weighted by Crippen LogP contribution is 2.22. The molecular formula is C10H9N3S. The second kappa shape index (κ2) is 4.07. The lowest BCUT2D eigenvalue weighted by Gasteiger charge is -1.89. The number of nitrogens with one attached hydrogen (secondary N) is 1. The van der Waals surface area contributed by atoms with E-state index in [1.54, 1.807) is 11.3 Å². The lowest BCUT2D eigenvalue weighted by atomic mass is 10.3. The molecule has 0 unspecified atom stereocenters. The van der Waals surface area contributed by atoms with Crippen LogP contribution in [-0.4, -0.2) is 9.97 Å². The van der Waals surface area contributed by atoms with Gasteiger partial charge in [-0.05, 0) is 12.1 Å². The third-order valence-corrected chi connectivity index (χ3v) is 2.80. The summed E-state index contributed by atoms with van der Waals surface area (Å²) in [4.78, 5) is 7.53. The second-order valence-electron chi connectivity index (χ2n) is 2.89. The first kappa shape index (κ1) is 8.97. The maximum atomic E-state index is 8.44. The first-order chi connectivity index (χ1) is 6.90. The predicted octanol–water partition coefficient (Wildman–Crippen LogP) is 2.59. The molecular weight excluding hydrogens is 194 g/mol. The molecule has 0 amide bonds. The van der Waals surface area contributed by atoms with Crippen molar-refractivity contribution in [3.05, 3.63) is 29.4 Å². The molecule has 1 N–H and O–H groups in total. The number of rotatable bonds is 3. The van der Waals surface area contributed by atoms with Crippen LogP contribution in [0, 0.1) is 11.3 Å². The molecule has 0 aromatic carbocycles. The summed E-state index contributed by atoms with van der Waals surface area (Å²) >= 11 is 1.61. The minimum atomic E-state index is 0.536. The zero-order valence-electron chi connectivity index (χ0n) is 7.53. The summed E-state index contributed by atoms with van der Waals surface area (Å²) in [5.74, 6) is 0. The van der Waals surface area contributed by atoms with Crippen LogP contribution in [0.2, 0.25) is 0 Å². The van der Waals surface area contributed by atoms with E-state index in [1.165, 1.54) is 0 Å². The van der Waals surface area contributed by atoms with Gasteiger partial charge in [0.05, 0.1) is 17.5 Å². The van der Waals surface area contributed by atoms with E-state index in [-0.39, 0.29) is 0 Å². The van der Waals surface area contributed by atoms with Crippen LogP contribution in [0.15, 0.2) is 23.7 Å². The summed E-state index contributed by atoms with van der Waals surface area (Å²) in [6.07, 6.45) is 3.16. The number of aromatic nitrogens is 2. The van der Waals surface area contributed by atoms with Crippen LogP contribution in [0.5, 0.6) is 0 Å². The zero-order chi connectivity index (χ0) is 9.80. The number of hydrogen-bond acceptors (Lipinski definition) is 3. The fourth-order valence-electron chi connectivity index (χ4n) is 1.19. The molecule has 0 saturated heterocycles. The van der Waals surface area contributed by atoms with Gasteiger partial charge in [0, 0.05) is 24.4 Å². The first-order valence-corrected chi connectivity index (χ1v) is 5.23. The Labute approximate surface area is 86.0 Å². The molecule has 0 aliphatic rings. The van der Waals surface area contributed by atoms with Crippen LogP contribution < -0.4 is 0 Å². The molecule has 0 spiro atoms.